The Morgan fingerprint density at radius 3 is 2.38 bits per heavy atom. The highest BCUT2D eigenvalue weighted by molar-refractivity contribution is 5.72. The zero-order valence-corrected chi connectivity index (χ0v) is 16.2. The van der Waals surface area contributed by atoms with E-state index in [4.69, 9.17) is 9.47 Å². The van der Waals surface area contributed by atoms with Gasteiger partial charge in [0.25, 0.3) is 0 Å². The topological polar surface area (TPSA) is 42.0 Å². The molecule has 1 fully saturated rings. The third kappa shape index (κ3) is 5.32. The number of amides is 1. The Morgan fingerprint density at radius 1 is 1.12 bits per heavy atom. The lowest BCUT2D eigenvalue weighted by Gasteiger charge is -2.29. The van der Waals surface area contributed by atoms with Crippen molar-refractivity contribution in [3.63, 3.8) is 0 Å². The van der Waals surface area contributed by atoms with E-state index < -0.39 is 5.60 Å². The SMILES string of the molecule is CC(C)(C)OC(=O)N1CC=C(c2ccc(CN3CCOCC3)cc2)CC1. The van der Waals surface area contributed by atoms with Crippen LogP contribution in [0.2, 0.25) is 0 Å². The second-order valence-electron chi connectivity index (χ2n) is 7.99. The highest BCUT2D eigenvalue weighted by Gasteiger charge is 2.23. The number of morpholine rings is 1. The van der Waals surface area contributed by atoms with Gasteiger partial charge in [-0.05, 0) is 43.9 Å². The van der Waals surface area contributed by atoms with Crippen LogP contribution in [0.4, 0.5) is 4.79 Å². The molecule has 5 heteroatoms. The average molecular weight is 358 g/mol. The van der Waals surface area contributed by atoms with E-state index in [0.717, 1.165) is 39.3 Å². The Morgan fingerprint density at radius 2 is 1.81 bits per heavy atom. The van der Waals surface area contributed by atoms with Crippen LogP contribution in [0, 0.1) is 0 Å². The molecule has 1 amide bonds. The minimum atomic E-state index is -0.447. The van der Waals surface area contributed by atoms with E-state index in [2.05, 4.69) is 35.2 Å². The molecular weight excluding hydrogens is 328 g/mol. The molecule has 0 saturated carbocycles. The number of nitrogens with zero attached hydrogens (tertiary/aromatic N) is 2. The van der Waals surface area contributed by atoms with Crippen LogP contribution < -0.4 is 0 Å². The average Bonchev–Trinajstić information content (AvgIpc) is 2.62. The van der Waals surface area contributed by atoms with Crippen molar-refractivity contribution in [3.05, 3.63) is 41.5 Å². The summed E-state index contributed by atoms with van der Waals surface area (Å²) >= 11 is 0. The van der Waals surface area contributed by atoms with Gasteiger partial charge in [-0.2, -0.15) is 0 Å². The highest BCUT2D eigenvalue weighted by Crippen LogP contribution is 2.24. The number of hydrogen-bond donors (Lipinski definition) is 0. The zero-order chi connectivity index (χ0) is 18.6. The van der Waals surface area contributed by atoms with Gasteiger partial charge in [-0.25, -0.2) is 4.79 Å². The summed E-state index contributed by atoms with van der Waals surface area (Å²) in [6.07, 6.45) is 2.78. The number of rotatable bonds is 3. The van der Waals surface area contributed by atoms with Gasteiger partial charge in [0.15, 0.2) is 0 Å². The maximum Gasteiger partial charge on any atom is 0.410 e. The van der Waals surface area contributed by atoms with Crippen molar-refractivity contribution in [2.75, 3.05) is 39.4 Å². The Balaban J connectivity index is 1.55. The molecular formula is C21H30N2O3. The van der Waals surface area contributed by atoms with Crippen LogP contribution in [0.3, 0.4) is 0 Å². The van der Waals surface area contributed by atoms with Gasteiger partial charge in [-0.3, -0.25) is 4.90 Å². The van der Waals surface area contributed by atoms with Crippen LogP contribution in [0.25, 0.3) is 5.57 Å². The largest absolute Gasteiger partial charge is 0.444 e. The minimum Gasteiger partial charge on any atom is -0.444 e. The van der Waals surface area contributed by atoms with Crippen LogP contribution in [0.15, 0.2) is 30.3 Å². The zero-order valence-electron chi connectivity index (χ0n) is 16.2. The minimum absolute atomic E-state index is 0.228. The van der Waals surface area contributed by atoms with Crippen molar-refractivity contribution >= 4 is 11.7 Å². The van der Waals surface area contributed by atoms with E-state index in [-0.39, 0.29) is 6.09 Å². The molecule has 5 nitrogen and oxygen atoms in total. The van der Waals surface area contributed by atoms with Gasteiger partial charge in [0.2, 0.25) is 0 Å². The van der Waals surface area contributed by atoms with E-state index >= 15 is 0 Å². The first-order chi connectivity index (χ1) is 12.4. The van der Waals surface area contributed by atoms with Crippen molar-refractivity contribution in [1.29, 1.82) is 0 Å². The molecule has 2 aliphatic heterocycles. The van der Waals surface area contributed by atoms with Crippen molar-refractivity contribution in [3.8, 4) is 0 Å². The predicted molar refractivity (Wildman–Crippen MR) is 103 cm³/mol. The predicted octanol–water partition coefficient (Wildman–Crippen LogP) is 3.54. The third-order valence-corrected chi connectivity index (χ3v) is 4.70. The summed E-state index contributed by atoms with van der Waals surface area (Å²) in [4.78, 5) is 16.3. The number of ether oxygens (including phenoxy) is 2. The lowest BCUT2D eigenvalue weighted by atomic mass is 9.98. The van der Waals surface area contributed by atoms with E-state index in [0.29, 0.717) is 13.1 Å². The second-order valence-corrected chi connectivity index (χ2v) is 7.99. The molecule has 2 aliphatic rings. The number of benzene rings is 1. The Kier molecular flexibility index (Phi) is 5.99. The normalized spacial score (nSPS) is 19.2. The molecule has 142 valence electrons. The summed E-state index contributed by atoms with van der Waals surface area (Å²) in [6, 6.07) is 8.83. The molecule has 0 unspecified atom stereocenters. The molecule has 1 aromatic rings. The van der Waals surface area contributed by atoms with Gasteiger partial charge in [0.05, 0.1) is 13.2 Å². The van der Waals surface area contributed by atoms with E-state index in [1.807, 2.05) is 20.8 Å². The first-order valence-corrected chi connectivity index (χ1v) is 9.47. The highest BCUT2D eigenvalue weighted by atomic mass is 16.6. The molecule has 0 spiro atoms. The molecule has 26 heavy (non-hydrogen) atoms. The van der Waals surface area contributed by atoms with Gasteiger partial charge < -0.3 is 14.4 Å². The monoisotopic (exact) mass is 358 g/mol. The van der Waals surface area contributed by atoms with Crippen molar-refractivity contribution in [1.82, 2.24) is 9.80 Å². The van der Waals surface area contributed by atoms with Gasteiger partial charge in [0.1, 0.15) is 5.60 Å². The summed E-state index contributed by atoms with van der Waals surface area (Å²) in [6.45, 7) is 11.7. The molecule has 0 N–H and O–H groups in total. The lowest BCUT2D eigenvalue weighted by Crippen LogP contribution is -2.39. The lowest BCUT2D eigenvalue weighted by molar-refractivity contribution is 0.0270. The number of carbonyl (C=O) groups is 1. The molecule has 2 heterocycles. The summed E-state index contributed by atoms with van der Waals surface area (Å²) in [5, 5.41) is 0. The standard InChI is InChI=1S/C21H30N2O3/c1-21(2,3)26-20(24)23-10-8-19(9-11-23)18-6-4-17(5-7-18)16-22-12-14-25-15-13-22/h4-8H,9-16H2,1-3H3. The summed E-state index contributed by atoms with van der Waals surface area (Å²) in [5.41, 5.74) is 3.45. The first kappa shape index (κ1) is 18.9. The van der Waals surface area contributed by atoms with Gasteiger partial charge in [0, 0.05) is 32.7 Å². The quantitative estimate of drug-likeness (QED) is 0.829. The van der Waals surface area contributed by atoms with Gasteiger partial charge in [-0.1, -0.05) is 30.3 Å². The Hall–Kier alpha value is -1.85. The summed E-state index contributed by atoms with van der Waals surface area (Å²) < 4.78 is 10.9. The van der Waals surface area contributed by atoms with Crippen LogP contribution in [0.1, 0.15) is 38.3 Å². The van der Waals surface area contributed by atoms with Crippen molar-refractivity contribution in [2.45, 2.75) is 39.3 Å². The number of hydrogen-bond acceptors (Lipinski definition) is 4. The third-order valence-electron chi connectivity index (χ3n) is 4.70. The molecule has 0 aliphatic carbocycles. The maximum absolute atomic E-state index is 12.2. The fraction of sp³-hybridized carbons (Fsp3) is 0.571. The van der Waals surface area contributed by atoms with Crippen molar-refractivity contribution < 1.29 is 14.3 Å². The number of carbonyl (C=O) groups excluding carboxylic acids is 1. The van der Waals surface area contributed by atoms with Gasteiger partial charge in [-0.15, -0.1) is 0 Å². The smallest absolute Gasteiger partial charge is 0.410 e. The van der Waals surface area contributed by atoms with E-state index in [1.165, 1.54) is 16.7 Å². The van der Waals surface area contributed by atoms with E-state index in [1.54, 1.807) is 4.90 Å². The van der Waals surface area contributed by atoms with Crippen LogP contribution in [0.5, 0.6) is 0 Å². The fourth-order valence-corrected chi connectivity index (χ4v) is 3.27. The molecule has 1 saturated heterocycles. The van der Waals surface area contributed by atoms with Crippen LogP contribution >= 0.6 is 0 Å². The Bertz CT molecular complexity index is 640. The Labute approximate surface area is 156 Å². The molecule has 1 aromatic carbocycles. The van der Waals surface area contributed by atoms with E-state index in [9.17, 15) is 4.79 Å². The maximum atomic E-state index is 12.2. The molecule has 3 rings (SSSR count). The summed E-state index contributed by atoms with van der Waals surface area (Å²) in [7, 11) is 0. The molecule has 0 radical (unpaired) electrons. The molecule has 0 bridgehead atoms. The van der Waals surface area contributed by atoms with Crippen LogP contribution in [-0.4, -0.2) is 60.9 Å². The molecule has 0 atom stereocenters. The van der Waals surface area contributed by atoms with Crippen molar-refractivity contribution in [2.24, 2.45) is 0 Å². The van der Waals surface area contributed by atoms with Gasteiger partial charge >= 0.3 is 6.09 Å². The second kappa shape index (κ2) is 8.23. The first-order valence-electron chi connectivity index (χ1n) is 9.47. The van der Waals surface area contributed by atoms with Crippen LogP contribution in [-0.2, 0) is 16.0 Å². The fourth-order valence-electron chi connectivity index (χ4n) is 3.27. The molecule has 0 aromatic heterocycles. The summed E-state index contributed by atoms with van der Waals surface area (Å²) in [5.74, 6) is 0.